The summed E-state index contributed by atoms with van der Waals surface area (Å²) >= 11 is 0. The van der Waals surface area contributed by atoms with Crippen LogP contribution in [0.15, 0.2) is 72.9 Å². The van der Waals surface area contributed by atoms with Crippen LogP contribution >= 0.6 is 0 Å². The molecule has 192 valence electrons. The van der Waals surface area contributed by atoms with Crippen LogP contribution in [-0.2, 0) is 29.2 Å². The molecule has 1 heterocycles. The standard InChI is InChI=1S/C28H35FN4O3/c1-30(2)28(35)32(17-8-18-36-3)22-27(34)33(20-23-9-5-4-6-10-23)21-26-11-7-16-31(26)19-24-12-14-25(29)15-13-24/h4-7,9-16H,8,17-22H2,1-3H3. The third-order valence-electron chi connectivity index (χ3n) is 5.87. The maximum Gasteiger partial charge on any atom is 0.319 e. The summed E-state index contributed by atoms with van der Waals surface area (Å²) < 4.78 is 20.5. The molecule has 2 aromatic carbocycles. The van der Waals surface area contributed by atoms with Crippen LogP contribution in [0.1, 0.15) is 23.2 Å². The number of methoxy groups -OCH3 is 1. The van der Waals surface area contributed by atoms with Crippen molar-refractivity contribution in [1.29, 1.82) is 0 Å². The van der Waals surface area contributed by atoms with Crippen LogP contribution in [0.4, 0.5) is 9.18 Å². The first-order valence-corrected chi connectivity index (χ1v) is 12.0. The zero-order chi connectivity index (χ0) is 25.9. The Kier molecular flexibility index (Phi) is 10.1. The van der Waals surface area contributed by atoms with E-state index in [2.05, 4.69) is 4.57 Å². The fourth-order valence-corrected chi connectivity index (χ4v) is 3.95. The van der Waals surface area contributed by atoms with Crippen molar-refractivity contribution in [3.63, 3.8) is 0 Å². The van der Waals surface area contributed by atoms with E-state index in [1.807, 2.05) is 48.7 Å². The molecular weight excluding hydrogens is 459 g/mol. The SMILES string of the molecule is COCCCN(CC(=O)N(Cc1ccccc1)Cc1cccn1Cc1ccc(F)cc1)C(=O)N(C)C. The van der Waals surface area contributed by atoms with Crippen LogP contribution in [0.25, 0.3) is 0 Å². The summed E-state index contributed by atoms with van der Waals surface area (Å²) in [6.07, 6.45) is 2.60. The summed E-state index contributed by atoms with van der Waals surface area (Å²) in [5, 5.41) is 0. The minimum atomic E-state index is -0.270. The predicted molar refractivity (Wildman–Crippen MR) is 138 cm³/mol. The van der Waals surface area contributed by atoms with Gasteiger partial charge in [-0.3, -0.25) is 4.79 Å². The Bertz CT molecular complexity index is 1100. The van der Waals surface area contributed by atoms with E-state index in [-0.39, 0.29) is 24.3 Å². The van der Waals surface area contributed by atoms with Crippen molar-refractivity contribution in [2.45, 2.75) is 26.1 Å². The Morgan fingerprint density at radius 1 is 0.889 bits per heavy atom. The monoisotopic (exact) mass is 494 g/mol. The first-order chi connectivity index (χ1) is 17.4. The van der Waals surface area contributed by atoms with Crippen molar-refractivity contribution < 1.29 is 18.7 Å². The van der Waals surface area contributed by atoms with Gasteiger partial charge in [0.1, 0.15) is 12.4 Å². The van der Waals surface area contributed by atoms with E-state index in [0.717, 1.165) is 16.8 Å². The number of ether oxygens (including phenoxy) is 1. The number of halogens is 1. The first kappa shape index (κ1) is 26.9. The van der Waals surface area contributed by atoms with Crippen LogP contribution in [0, 0.1) is 5.82 Å². The highest BCUT2D eigenvalue weighted by atomic mass is 19.1. The fourth-order valence-electron chi connectivity index (χ4n) is 3.95. The molecule has 36 heavy (non-hydrogen) atoms. The summed E-state index contributed by atoms with van der Waals surface area (Å²) in [6.45, 7) is 2.28. The number of aromatic nitrogens is 1. The van der Waals surface area contributed by atoms with Gasteiger partial charge < -0.3 is 24.0 Å². The third kappa shape index (κ3) is 7.95. The van der Waals surface area contributed by atoms with Gasteiger partial charge in [-0.1, -0.05) is 42.5 Å². The number of carbonyl (C=O) groups excluding carboxylic acids is 2. The predicted octanol–water partition coefficient (Wildman–Crippen LogP) is 4.22. The number of rotatable bonds is 12. The van der Waals surface area contributed by atoms with Gasteiger partial charge in [0.05, 0.1) is 6.54 Å². The number of hydrogen-bond acceptors (Lipinski definition) is 3. The number of urea groups is 1. The molecule has 8 heteroatoms. The number of amides is 3. The smallest absolute Gasteiger partial charge is 0.319 e. The summed E-state index contributed by atoms with van der Waals surface area (Å²) in [7, 11) is 4.98. The number of carbonyl (C=O) groups is 2. The fraction of sp³-hybridized carbons (Fsp3) is 0.357. The molecule has 0 spiro atoms. The minimum Gasteiger partial charge on any atom is -0.385 e. The highest BCUT2D eigenvalue weighted by molar-refractivity contribution is 5.84. The topological polar surface area (TPSA) is 58.0 Å². The second-order valence-corrected chi connectivity index (χ2v) is 8.93. The molecule has 0 radical (unpaired) electrons. The van der Waals surface area contributed by atoms with E-state index < -0.39 is 0 Å². The normalized spacial score (nSPS) is 10.8. The Morgan fingerprint density at radius 2 is 1.61 bits per heavy atom. The average Bonchev–Trinajstić information content (AvgIpc) is 3.31. The molecule has 3 aromatic rings. The quantitative estimate of drug-likeness (QED) is 0.354. The summed E-state index contributed by atoms with van der Waals surface area (Å²) in [5.41, 5.74) is 2.93. The van der Waals surface area contributed by atoms with Crippen LogP contribution in [0.3, 0.4) is 0 Å². The largest absolute Gasteiger partial charge is 0.385 e. The lowest BCUT2D eigenvalue weighted by Crippen LogP contribution is -2.46. The maximum absolute atomic E-state index is 13.6. The first-order valence-electron chi connectivity index (χ1n) is 12.0. The molecule has 0 bridgehead atoms. The molecule has 3 rings (SSSR count). The molecule has 1 aromatic heterocycles. The van der Waals surface area contributed by atoms with Gasteiger partial charge in [0.25, 0.3) is 0 Å². The molecule has 0 aliphatic rings. The van der Waals surface area contributed by atoms with Crippen molar-refractivity contribution in [1.82, 2.24) is 19.3 Å². The highest BCUT2D eigenvalue weighted by Crippen LogP contribution is 2.15. The zero-order valence-corrected chi connectivity index (χ0v) is 21.3. The van der Waals surface area contributed by atoms with Crippen molar-refractivity contribution in [2.24, 2.45) is 0 Å². The number of nitrogens with zero attached hydrogens (tertiary/aromatic N) is 4. The average molecular weight is 495 g/mol. The molecule has 0 aliphatic heterocycles. The third-order valence-corrected chi connectivity index (χ3v) is 5.87. The molecule has 3 amide bonds. The molecule has 0 unspecified atom stereocenters. The molecule has 7 nitrogen and oxygen atoms in total. The number of hydrogen-bond donors (Lipinski definition) is 0. The van der Waals surface area contributed by atoms with Gasteiger partial charge in [0, 0.05) is 59.3 Å². The van der Waals surface area contributed by atoms with Gasteiger partial charge in [-0.15, -0.1) is 0 Å². The van der Waals surface area contributed by atoms with Crippen molar-refractivity contribution in [2.75, 3.05) is 40.9 Å². The molecule has 0 saturated carbocycles. The Labute approximate surface area is 212 Å². The van der Waals surface area contributed by atoms with Crippen molar-refractivity contribution >= 4 is 11.9 Å². The Hall–Kier alpha value is -3.65. The molecule has 0 saturated heterocycles. The van der Waals surface area contributed by atoms with E-state index >= 15 is 0 Å². The molecular formula is C28H35FN4O3. The van der Waals surface area contributed by atoms with Gasteiger partial charge in [0.15, 0.2) is 0 Å². The van der Waals surface area contributed by atoms with Gasteiger partial charge in [0.2, 0.25) is 5.91 Å². The Balaban J connectivity index is 1.80. The maximum atomic E-state index is 13.6. The van der Waals surface area contributed by atoms with Gasteiger partial charge in [-0.2, -0.15) is 0 Å². The van der Waals surface area contributed by atoms with E-state index in [1.165, 1.54) is 17.0 Å². The summed E-state index contributed by atoms with van der Waals surface area (Å²) in [5.74, 6) is -0.408. The lowest BCUT2D eigenvalue weighted by molar-refractivity contribution is -0.133. The van der Waals surface area contributed by atoms with Crippen molar-refractivity contribution in [3.05, 3.63) is 95.6 Å². The van der Waals surface area contributed by atoms with E-state index in [0.29, 0.717) is 39.2 Å². The van der Waals surface area contributed by atoms with E-state index in [9.17, 15) is 14.0 Å². The molecule has 0 N–H and O–H groups in total. The second kappa shape index (κ2) is 13.4. The van der Waals surface area contributed by atoms with Crippen LogP contribution in [-0.4, -0.2) is 72.1 Å². The lowest BCUT2D eigenvalue weighted by atomic mass is 10.2. The van der Waals surface area contributed by atoms with Crippen LogP contribution < -0.4 is 0 Å². The van der Waals surface area contributed by atoms with Crippen LogP contribution in [0.5, 0.6) is 0 Å². The van der Waals surface area contributed by atoms with Gasteiger partial charge in [-0.05, 0) is 41.8 Å². The second-order valence-electron chi connectivity index (χ2n) is 8.93. The van der Waals surface area contributed by atoms with E-state index in [4.69, 9.17) is 4.74 Å². The molecule has 0 aliphatic carbocycles. The van der Waals surface area contributed by atoms with Crippen LogP contribution in [0.2, 0.25) is 0 Å². The Morgan fingerprint density at radius 3 is 2.28 bits per heavy atom. The molecule has 0 atom stereocenters. The summed E-state index contributed by atoms with van der Waals surface area (Å²) in [4.78, 5) is 31.2. The van der Waals surface area contributed by atoms with Gasteiger partial charge in [-0.25, -0.2) is 9.18 Å². The molecule has 0 fully saturated rings. The van der Waals surface area contributed by atoms with Gasteiger partial charge >= 0.3 is 6.03 Å². The van der Waals surface area contributed by atoms with E-state index in [1.54, 1.807) is 43.1 Å². The zero-order valence-electron chi connectivity index (χ0n) is 21.3. The highest BCUT2D eigenvalue weighted by Gasteiger charge is 2.23. The lowest BCUT2D eigenvalue weighted by Gasteiger charge is -2.30. The summed E-state index contributed by atoms with van der Waals surface area (Å²) in [6, 6.07) is 19.9. The van der Waals surface area contributed by atoms with Crippen molar-refractivity contribution in [3.8, 4) is 0 Å². The minimum absolute atomic E-state index is 0.0216. The number of benzene rings is 2.